The summed E-state index contributed by atoms with van der Waals surface area (Å²) >= 11 is 0. The van der Waals surface area contributed by atoms with Gasteiger partial charge in [-0.3, -0.25) is 0 Å². The Hall–Kier alpha value is -0.170. The minimum atomic E-state index is -3.07. The summed E-state index contributed by atoms with van der Waals surface area (Å²) in [4.78, 5) is 0. The molecule has 2 rings (SSSR count). The first-order valence-corrected chi connectivity index (χ1v) is 9.44. The van der Waals surface area contributed by atoms with Crippen molar-refractivity contribution in [3.8, 4) is 0 Å². The van der Waals surface area contributed by atoms with Crippen LogP contribution in [-0.2, 0) is 10.0 Å². The first kappa shape index (κ1) is 16.2. The van der Waals surface area contributed by atoms with Crippen LogP contribution in [0.5, 0.6) is 0 Å². The Morgan fingerprint density at radius 1 is 1.30 bits per heavy atom. The Balaban J connectivity index is 1.97. The summed E-state index contributed by atoms with van der Waals surface area (Å²) in [6.45, 7) is 5.32. The molecule has 6 heteroatoms. The van der Waals surface area contributed by atoms with Crippen LogP contribution in [0.1, 0.15) is 39.0 Å². The van der Waals surface area contributed by atoms with Crippen LogP contribution in [0.2, 0.25) is 0 Å². The van der Waals surface area contributed by atoms with Crippen LogP contribution in [0.3, 0.4) is 0 Å². The normalized spacial score (nSPS) is 27.8. The smallest absolute Gasteiger partial charge is 0.214 e. The van der Waals surface area contributed by atoms with Crippen molar-refractivity contribution in [1.82, 2.24) is 9.62 Å². The number of nitrogens with one attached hydrogen (secondary N) is 1. The third kappa shape index (κ3) is 3.35. The molecule has 2 N–H and O–H groups in total. The van der Waals surface area contributed by atoms with Crippen LogP contribution >= 0.6 is 0 Å². The van der Waals surface area contributed by atoms with Crippen molar-refractivity contribution in [3.63, 3.8) is 0 Å². The Morgan fingerprint density at radius 2 is 2.00 bits per heavy atom. The maximum Gasteiger partial charge on any atom is 0.214 e. The molecule has 118 valence electrons. The van der Waals surface area contributed by atoms with Crippen LogP contribution in [-0.4, -0.2) is 56.4 Å². The van der Waals surface area contributed by atoms with E-state index in [-0.39, 0.29) is 23.7 Å². The summed E-state index contributed by atoms with van der Waals surface area (Å²) in [5, 5.41) is 12.9. The number of piperidine rings is 2. The van der Waals surface area contributed by atoms with Crippen molar-refractivity contribution in [2.75, 3.05) is 38.5 Å². The Labute approximate surface area is 122 Å². The summed E-state index contributed by atoms with van der Waals surface area (Å²) in [6.07, 6.45) is 4.50. The van der Waals surface area contributed by atoms with Crippen LogP contribution in [0.25, 0.3) is 0 Å². The average Bonchev–Trinajstić information content (AvgIpc) is 2.46. The molecule has 1 atom stereocenters. The van der Waals surface area contributed by atoms with Gasteiger partial charge >= 0.3 is 0 Å². The molecule has 20 heavy (non-hydrogen) atoms. The molecule has 0 amide bonds. The summed E-state index contributed by atoms with van der Waals surface area (Å²) in [5.41, 5.74) is 0.150. The first-order chi connectivity index (χ1) is 9.54. The third-order valence-corrected chi connectivity index (χ3v) is 7.10. The van der Waals surface area contributed by atoms with E-state index in [0.717, 1.165) is 45.2 Å². The Morgan fingerprint density at radius 3 is 2.60 bits per heavy atom. The van der Waals surface area contributed by atoms with Gasteiger partial charge in [0.2, 0.25) is 10.0 Å². The minimum Gasteiger partial charge on any atom is -0.396 e. The van der Waals surface area contributed by atoms with Crippen molar-refractivity contribution in [3.05, 3.63) is 0 Å². The Bertz CT molecular complexity index is 403. The first-order valence-electron chi connectivity index (χ1n) is 7.83. The molecule has 0 aromatic rings. The fourth-order valence-electron chi connectivity index (χ4n) is 3.62. The number of hydrogen-bond acceptors (Lipinski definition) is 4. The SMILES string of the molecule is CCCCS(=O)(=O)N1CCC2(CCNC[C@@H]2CO)CC1. The van der Waals surface area contributed by atoms with Gasteiger partial charge in [-0.2, -0.15) is 0 Å². The maximum atomic E-state index is 12.2. The van der Waals surface area contributed by atoms with Crippen molar-refractivity contribution >= 4 is 10.0 Å². The predicted octanol–water partition coefficient (Wildman–Crippen LogP) is 0.800. The molecule has 2 aliphatic heterocycles. The van der Waals surface area contributed by atoms with Gasteiger partial charge in [-0.15, -0.1) is 0 Å². The standard InChI is InChI=1S/C14H28N2O3S/c1-2-3-10-20(18,19)16-8-5-14(6-9-16)4-7-15-11-13(14)12-17/h13,15,17H,2-12H2,1H3/t13-/m1/s1. The number of aliphatic hydroxyl groups is 1. The molecule has 5 nitrogen and oxygen atoms in total. The van der Waals surface area contributed by atoms with Crippen molar-refractivity contribution in [1.29, 1.82) is 0 Å². The highest BCUT2D eigenvalue weighted by Gasteiger charge is 2.44. The van der Waals surface area contributed by atoms with E-state index < -0.39 is 10.0 Å². The molecule has 0 radical (unpaired) electrons. The van der Waals surface area contributed by atoms with Gasteiger partial charge in [0.05, 0.1) is 5.75 Å². The second-order valence-corrected chi connectivity index (χ2v) is 8.35. The zero-order valence-corrected chi connectivity index (χ0v) is 13.3. The number of nitrogens with zero attached hydrogens (tertiary/aromatic N) is 1. The van der Waals surface area contributed by atoms with Crippen LogP contribution in [0.4, 0.5) is 0 Å². The number of sulfonamides is 1. The highest BCUT2D eigenvalue weighted by molar-refractivity contribution is 7.89. The van der Waals surface area contributed by atoms with Gasteiger partial charge in [0, 0.05) is 32.2 Å². The van der Waals surface area contributed by atoms with E-state index >= 15 is 0 Å². The van der Waals surface area contributed by atoms with Gasteiger partial charge in [-0.25, -0.2) is 12.7 Å². The van der Waals surface area contributed by atoms with E-state index in [9.17, 15) is 13.5 Å². The van der Waals surface area contributed by atoms with Gasteiger partial charge in [-0.05, 0) is 37.6 Å². The van der Waals surface area contributed by atoms with Gasteiger partial charge in [-0.1, -0.05) is 13.3 Å². The van der Waals surface area contributed by atoms with Gasteiger partial charge < -0.3 is 10.4 Å². The number of aliphatic hydroxyl groups excluding tert-OH is 1. The second-order valence-electron chi connectivity index (χ2n) is 6.26. The summed E-state index contributed by atoms with van der Waals surface area (Å²) in [6, 6.07) is 0. The minimum absolute atomic E-state index is 0.150. The van der Waals surface area contributed by atoms with Crippen LogP contribution in [0.15, 0.2) is 0 Å². The largest absolute Gasteiger partial charge is 0.396 e. The molecular weight excluding hydrogens is 276 g/mol. The highest BCUT2D eigenvalue weighted by Crippen LogP contribution is 2.43. The summed E-state index contributed by atoms with van der Waals surface area (Å²) < 4.78 is 26.1. The van der Waals surface area contributed by atoms with Crippen molar-refractivity contribution < 1.29 is 13.5 Å². The molecule has 0 saturated carbocycles. The highest BCUT2D eigenvalue weighted by atomic mass is 32.2. The Kier molecular flexibility index (Phi) is 5.45. The molecule has 2 fully saturated rings. The van der Waals surface area contributed by atoms with Gasteiger partial charge in [0.1, 0.15) is 0 Å². The van der Waals surface area contributed by atoms with Crippen molar-refractivity contribution in [2.45, 2.75) is 39.0 Å². The lowest BCUT2D eigenvalue weighted by Crippen LogP contribution is -2.53. The monoisotopic (exact) mass is 304 g/mol. The molecule has 2 saturated heterocycles. The average molecular weight is 304 g/mol. The molecule has 0 aliphatic carbocycles. The summed E-state index contributed by atoms with van der Waals surface area (Å²) in [7, 11) is -3.07. The zero-order chi connectivity index (χ0) is 14.6. The van der Waals surface area contributed by atoms with E-state index in [0.29, 0.717) is 13.1 Å². The topological polar surface area (TPSA) is 69.6 Å². The fourth-order valence-corrected chi connectivity index (χ4v) is 5.27. The number of rotatable bonds is 5. The van der Waals surface area contributed by atoms with Gasteiger partial charge in [0.15, 0.2) is 0 Å². The zero-order valence-electron chi connectivity index (χ0n) is 12.5. The number of hydrogen-bond donors (Lipinski definition) is 2. The molecule has 0 bridgehead atoms. The maximum absolute atomic E-state index is 12.2. The fraction of sp³-hybridized carbons (Fsp3) is 1.00. The quantitative estimate of drug-likeness (QED) is 0.788. The molecule has 2 aliphatic rings. The van der Waals surface area contributed by atoms with E-state index in [2.05, 4.69) is 5.32 Å². The molecule has 0 aromatic carbocycles. The number of unbranched alkanes of at least 4 members (excludes halogenated alkanes) is 1. The van der Waals surface area contributed by atoms with Crippen LogP contribution < -0.4 is 5.32 Å². The van der Waals surface area contributed by atoms with Gasteiger partial charge in [0.25, 0.3) is 0 Å². The molecular formula is C14H28N2O3S. The predicted molar refractivity (Wildman–Crippen MR) is 80.0 cm³/mol. The lowest BCUT2D eigenvalue weighted by atomic mass is 9.65. The second kappa shape index (κ2) is 6.73. The van der Waals surface area contributed by atoms with E-state index in [1.165, 1.54) is 0 Å². The molecule has 2 heterocycles. The summed E-state index contributed by atoms with van der Waals surface area (Å²) in [5.74, 6) is 0.554. The van der Waals surface area contributed by atoms with Crippen molar-refractivity contribution in [2.24, 2.45) is 11.3 Å². The molecule has 1 spiro atoms. The van der Waals surface area contributed by atoms with E-state index in [1.54, 1.807) is 4.31 Å². The lowest BCUT2D eigenvalue weighted by molar-refractivity contribution is 0.0127. The van der Waals surface area contributed by atoms with Crippen LogP contribution in [0, 0.1) is 11.3 Å². The van der Waals surface area contributed by atoms with E-state index in [1.807, 2.05) is 6.92 Å². The molecule has 0 aromatic heterocycles. The molecule has 0 unspecified atom stereocenters. The third-order valence-electron chi connectivity index (χ3n) is 5.14. The lowest BCUT2D eigenvalue weighted by Gasteiger charge is -2.48. The van der Waals surface area contributed by atoms with E-state index in [4.69, 9.17) is 0 Å².